The van der Waals surface area contributed by atoms with Crippen LogP contribution >= 0.6 is 12.4 Å². The number of halogens is 4. The summed E-state index contributed by atoms with van der Waals surface area (Å²) >= 11 is 0. The standard InChI is InChI=1S/C19H23F3N4O2.ClH/c1-12(13-3-5-15(6-4-13)28-11-19(20,21)22)25-18(27)17-9-23-8-16(17)14-7-24-26(2)10-14;/h3-7,10,12,16-17,23H,8-9,11H2,1-2H3,(H,25,27);1H/t12?,16-,17+;/m1./s1. The van der Waals surface area contributed by atoms with Crippen LogP contribution in [0.4, 0.5) is 13.2 Å². The molecule has 2 N–H and O–H groups in total. The van der Waals surface area contributed by atoms with Gasteiger partial charge in [0.2, 0.25) is 5.91 Å². The second-order valence-corrected chi connectivity index (χ2v) is 7.02. The molecule has 1 aromatic carbocycles. The normalized spacial score (nSPS) is 20.0. The molecule has 1 amide bonds. The number of nitrogens with one attached hydrogen (secondary N) is 2. The molecular weight excluding hydrogens is 409 g/mol. The lowest BCUT2D eigenvalue weighted by Crippen LogP contribution is -2.35. The van der Waals surface area contributed by atoms with E-state index in [9.17, 15) is 18.0 Å². The van der Waals surface area contributed by atoms with E-state index in [2.05, 4.69) is 15.7 Å². The highest BCUT2D eigenvalue weighted by atomic mass is 35.5. The maximum atomic E-state index is 12.8. The molecule has 2 heterocycles. The number of amides is 1. The molecule has 6 nitrogen and oxygen atoms in total. The summed E-state index contributed by atoms with van der Waals surface area (Å²) in [5, 5.41) is 10.4. The molecule has 1 fully saturated rings. The van der Waals surface area contributed by atoms with Gasteiger partial charge in [-0.1, -0.05) is 12.1 Å². The van der Waals surface area contributed by atoms with E-state index >= 15 is 0 Å². The molecule has 0 saturated carbocycles. The lowest BCUT2D eigenvalue weighted by atomic mass is 9.90. The smallest absolute Gasteiger partial charge is 0.422 e. The summed E-state index contributed by atoms with van der Waals surface area (Å²) in [6.07, 6.45) is -0.678. The second kappa shape index (κ2) is 9.49. The van der Waals surface area contributed by atoms with Crippen LogP contribution < -0.4 is 15.4 Å². The Hall–Kier alpha value is -2.26. The molecule has 29 heavy (non-hydrogen) atoms. The molecule has 3 atom stereocenters. The quantitative estimate of drug-likeness (QED) is 0.736. The van der Waals surface area contributed by atoms with E-state index in [0.29, 0.717) is 13.1 Å². The van der Waals surface area contributed by atoms with Gasteiger partial charge in [-0.2, -0.15) is 18.3 Å². The minimum atomic E-state index is -4.37. The van der Waals surface area contributed by atoms with Crippen LogP contribution in [-0.2, 0) is 11.8 Å². The number of nitrogens with zero attached hydrogens (tertiary/aromatic N) is 2. The second-order valence-electron chi connectivity index (χ2n) is 7.02. The SMILES string of the molecule is CC(NC(=O)[C@H]1CNC[C@@H]1c1cnn(C)c1)c1ccc(OCC(F)(F)F)cc1.Cl. The first kappa shape index (κ1) is 23.0. The third-order valence-corrected chi connectivity index (χ3v) is 4.85. The minimum absolute atomic E-state index is 0. The fourth-order valence-electron chi connectivity index (χ4n) is 3.36. The van der Waals surface area contributed by atoms with Crippen molar-refractivity contribution in [1.29, 1.82) is 0 Å². The van der Waals surface area contributed by atoms with Gasteiger partial charge in [0.1, 0.15) is 5.75 Å². The first-order valence-electron chi connectivity index (χ1n) is 9.02. The number of aromatic nitrogens is 2. The Morgan fingerprint density at radius 1 is 1.34 bits per heavy atom. The van der Waals surface area contributed by atoms with Gasteiger partial charge >= 0.3 is 6.18 Å². The number of hydrogen-bond donors (Lipinski definition) is 2. The maximum absolute atomic E-state index is 12.8. The Morgan fingerprint density at radius 3 is 2.62 bits per heavy atom. The molecule has 0 radical (unpaired) electrons. The molecule has 1 aromatic heterocycles. The number of carbonyl (C=O) groups is 1. The monoisotopic (exact) mass is 432 g/mol. The van der Waals surface area contributed by atoms with Crippen molar-refractivity contribution in [3.8, 4) is 5.75 Å². The molecule has 1 aliphatic heterocycles. The van der Waals surface area contributed by atoms with Crippen LogP contribution in [0.3, 0.4) is 0 Å². The van der Waals surface area contributed by atoms with Crippen molar-refractivity contribution < 1.29 is 22.7 Å². The number of hydrogen-bond acceptors (Lipinski definition) is 4. The Morgan fingerprint density at radius 2 is 2.03 bits per heavy atom. The van der Waals surface area contributed by atoms with Gasteiger partial charge in [0.25, 0.3) is 0 Å². The summed E-state index contributed by atoms with van der Waals surface area (Å²) in [5.74, 6) is -0.0833. The highest BCUT2D eigenvalue weighted by Gasteiger charge is 2.35. The summed E-state index contributed by atoms with van der Waals surface area (Å²) in [6, 6.07) is 5.97. The van der Waals surface area contributed by atoms with Crippen LogP contribution in [0.1, 0.15) is 30.0 Å². The molecule has 0 bridgehead atoms. The first-order valence-corrected chi connectivity index (χ1v) is 9.02. The van der Waals surface area contributed by atoms with E-state index in [1.165, 1.54) is 12.1 Å². The molecule has 3 rings (SSSR count). The predicted molar refractivity (Wildman–Crippen MR) is 104 cm³/mol. The number of benzene rings is 1. The number of rotatable bonds is 6. The van der Waals surface area contributed by atoms with Crippen molar-refractivity contribution in [2.45, 2.75) is 25.1 Å². The zero-order chi connectivity index (χ0) is 20.3. The number of carbonyl (C=O) groups excluding carboxylic acids is 1. The third-order valence-electron chi connectivity index (χ3n) is 4.85. The molecule has 160 valence electrons. The molecule has 1 saturated heterocycles. The summed E-state index contributed by atoms with van der Waals surface area (Å²) in [5.41, 5.74) is 1.81. The van der Waals surface area contributed by atoms with Crippen LogP contribution in [0.2, 0.25) is 0 Å². The fraction of sp³-hybridized carbons (Fsp3) is 0.474. The average Bonchev–Trinajstić information content (AvgIpc) is 3.28. The van der Waals surface area contributed by atoms with E-state index in [-0.39, 0.29) is 41.9 Å². The van der Waals surface area contributed by atoms with Crippen molar-refractivity contribution in [2.24, 2.45) is 13.0 Å². The topological polar surface area (TPSA) is 68.2 Å². The predicted octanol–water partition coefficient (Wildman–Crippen LogP) is 2.96. The van der Waals surface area contributed by atoms with Gasteiger partial charge in [-0.25, -0.2) is 0 Å². The zero-order valence-electron chi connectivity index (χ0n) is 16.1. The summed E-state index contributed by atoms with van der Waals surface area (Å²) in [6.45, 7) is 1.81. The molecule has 1 aliphatic rings. The van der Waals surface area contributed by atoms with Crippen LogP contribution in [0.5, 0.6) is 5.75 Å². The van der Waals surface area contributed by atoms with E-state index in [4.69, 9.17) is 4.74 Å². The fourth-order valence-corrected chi connectivity index (χ4v) is 3.36. The zero-order valence-corrected chi connectivity index (χ0v) is 16.9. The van der Waals surface area contributed by atoms with Crippen molar-refractivity contribution in [3.05, 3.63) is 47.8 Å². The first-order chi connectivity index (χ1) is 13.2. The highest BCUT2D eigenvalue weighted by Crippen LogP contribution is 2.29. The highest BCUT2D eigenvalue weighted by molar-refractivity contribution is 5.85. The van der Waals surface area contributed by atoms with Crippen LogP contribution in [-0.4, -0.2) is 41.6 Å². The summed E-state index contributed by atoms with van der Waals surface area (Å²) in [4.78, 5) is 12.8. The number of alkyl halides is 3. The average molecular weight is 433 g/mol. The Kier molecular flexibility index (Phi) is 7.54. The molecule has 0 aliphatic carbocycles. The van der Waals surface area contributed by atoms with Crippen molar-refractivity contribution in [1.82, 2.24) is 20.4 Å². The van der Waals surface area contributed by atoms with Crippen LogP contribution in [0.25, 0.3) is 0 Å². The lowest BCUT2D eigenvalue weighted by molar-refractivity contribution is -0.153. The van der Waals surface area contributed by atoms with E-state index in [1.54, 1.807) is 23.0 Å². The van der Waals surface area contributed by atoms with E-state index in [0.717, 1.165) is 11.1 Å². The summed E-state index contributed by atoms with van der Waals surface area (Å²) < 4.78 is 43.1. The van der Waals surface area contributed by atoms with Gasteiger partial charge in [-0.15, -0.1) is 12.4 Å². The molecule has 10 heteroatoms. The molecule has 1 unspecified atom stereocenters. The largest absolute Gasteiger partial charge is 0.484 e. The van der Waals surface area contributed by atoms with Gasteiger partial charge in [0, 0.05) is 32.3 Å². The Balaban J connectivity index is 0.00000300. The Bertz CT molecular complexity index is 811. The van der Waals surface area contributed by atoms with E-state index in [1.807, 2.05) is 20.2 Å². The van der Waals surface area contributed by atoms with Crippen LogP contribution in [0, 0.1) is 5.92 Å². The minimum Gasteiger partial charge on any atom is -0.484 e. The van der Waals surface area contributed by atoms with Gasteiger partial charge < -0.3 is 15.4 Å². The van der Waals surface area contributed by atoms with Crippen molar-refractivity contribution in [2.75, 3.05) is 19.7 Å². The molecular formula is C19H24ClF3N4O2. The van der Waals surface area contributed by atoms with Crippen molar-refractivity contribution >= 4 is 18.3 Å². The Labute approximate surface area is 173 Å². The molecule has 2 aromatic rings. The van der Waals surface area contributed by atoms with Gasteiger partial charge in [0.05, 0.1) is 18.2 Å². The number of aryl methyl sites for hydroxylation is 1. The summed E-state index contributed by atoms with van der Waals surface area (Å²) in [7, 11) is 1.84. The van der Waals surface area contributed by atoms with E-state index < -0.39 is 12.8 Å². The van der Waals surface area contributed by atoms with Crippen LogP contribution in [0.15, 0.2) is 36.7 Å². The number of ether oxygens (including phenoxy) is 1. The maximum Gasteiger partial charge on any atom is 0.422 e. The third kappa shape index (κ3) is 6.11. The van der Waals surface area contributed by atoms with Gasteiger partial charge in [0.15, 0.2) is 6.61 Å². The van der Waals surface area contributed by atoms with Gasteiger partial charge in [-0.05, 0) is 30.2 Å². The molecule has 0 spiro atoms. The van der Waals surface area contributed by atoms with Crippen molar-refractivity contribution in [3.63, 3.8) is 0 Å². The lowest BCUT2D eigenvalue weighted by Gasteiger charge is -2.21. The van der Waals surface area contributed by atoms with Gasteiger partial charge in [-0.3, -0.25) is 9.48 Å².